The van der Waals surface area contributed by atoms with Crippen LogP contribution in [0.5, 0.6) is 0 Å². The van der Waals surface area contributed by atoms with Crippen LogP contribution < -0.4 is 0 Å². The van der Waals surface area contributed by atoms with Crippen LogP contribution in [-0.4, -0.2) is 24.4 Å². The van der Waals surface area contributed by atoms with Crippen molar-refractivity contribution in [3.63, 3.8) is 0 Å². The Morgan fingerprint density at radius 1 is 1.00 bits per heavy atom. The second kappa shape index (κ2) is 5.46. The van der Waals surface area contributed by atoms with Crippen LogP contribution in [0.1, 0.15) is 72.1 Å². The highest BCUT2D eigenvalue weighted by Gasteiger charge is 2.62. The molecule has 0 heterocycles. The van der Waals surface area contributed by atoms with Gasteiger partial charge in [0.25, 0.3) is 0 Å². The van der Waals surface area contributed by atoms with Crippen molar-refractivity contribution < 1.29 is 9.84 Å². The van der Waals surface area contributed by atoms with Crippen LogP contribution in [0.3, 0.4) is 0 Å². The number of methoxy groups -OCH3 is 1. The van der Waals surface area contributed by atoms with Crippen molar-refractivity contribution in [3.8, 4) is 0 Å². The van der Waals surface area contributed by atoms with Crippen molar-refractivity contribution in [2.75, 3.05) is 7.11 Å². The van der Waals surface area contributed by atoms with E-state index in [0.717, 1.165) is 36.5 Å². The van der Waals surface area contributed by atoms with E-state index in [-0.39, 0.29) is 6.10 Å². The van der Waals surface area contributed by atoms with Crippen LogP contribution in [0.25, 0.3) is 0 Å². The zero-order chi connectivity index (χ0) is 16.4. The van der Waals surface area contributed by atoms with E-state index in [4.69, 9.17) is 4.74 Å². The quantitative estimate of drug-likeness (QED) is 0.762. The Morgan fingerprint density at radius 3 is 2.52 bits per heavy atom. The molecule has 0 aromatic carbocycles. The predicted octanol–water partition coefficient (Wildman–Crippen LogP) is 4.65. The first kappa shape index (κ1) is 16.4. The van der Waals surface area contributed by atoms with Gasteiger partial charge in [-0.05, 0) is 91.8 Å². The molecule has 0 radical (unpaired) electrons. The van der Waals surface area contributed by atoms with Gasteiger partial charge in [-0.1, -0.05) is 20.8 Å². The summed E-state index contributed by atoms with van der Waals surface area (Å²) in [6.45, 7) is 7.60. The molecule has 4 rings (SSSR count). The summed E-state index contributed by atoms with van der Waals surface area (Å²) in [5.74, 6) is 4.07. The minimum absolute atomic E-state index is 0.0500. The van der Waals surface area contributed by atoms with Gasteiger partial charge in [0, 0.05) is 7.11 Å². The second-order valence-electron chi connectivity index (χ2n) is 9.97. The van der Waals surface area contributed by atoms with Gasteiger partial charge in [0.2, 0.25) is 0 Å². The summed E-state index contributed by atoms with van der Waals surface area (Å²) in [5.41, 5.74) is 0.898. The lowest BCUT2D eigenvalue weighted by Crippen LogP contribution is -2.59. The zero-order valence-electron chi connectivity index (χ0n) is 15.6. The number of ether oxygens (including phenoxy) is 1. The second-order valence-corrected chi connectivity index (χ2v) is 9.97. The monoisotopic (exact) mass is 320 g/mol. The molecule has 4 saturated carbocycles. The Kier molecular flexibility index (Phi) is 3.89. The van der Waals surface area contributed by atoms with E-state index < -0.39 is 0 Å². The summed E-state index contributed by atoms with van der Waals surface area (Å²) in [5, 5.41) is 10.2. The van der Waals surface area contributed by atoms with Crippen LogP contribution >= 0.6 is 0 Å². The maximum atomic E-state index is 10.2. The lowest BCUT2D eigenvalue weighted by Gasteiger charge is -2.62. The number of aliphatic hydroxyl groups excluding tert-OH is 1. The van der Waals surface area contributed by atoms with Crippen LogP contribution in [0.4, 0.5) is 0 Å². The Labute approximate surface area is 142 Å². The van der Waals surface area contributed by atoms with Gasteiger partial charge in [0.05, 0.1) is 12.2 Å². The lowest BCUT2D eigenvalue weighted by atomic mass is 9.44. The molecule has 0 aromatic heterocycles. The van der Waals surface area contributed by atoms with Crippen molar-refractivity contribution in [2.45, 2.75) is 84.3 Å². The zero-order valence-corrected chi connectivity index (χ0v) is 15.6. The van der Waals surface area contributed by atoms with Crippen molar-refractivity contribution in [1.29, 1.82) is 0 Å². The molecule has 0 bridgehead atoms. The smallest absolute Gasteiger partial charge is 0.0612 e. The summed E-state index contributed by atoms with van der Waals surface area (Å²) in [6, 6.07) is 0. The molecule has 0 unspecified atom stereocenters. The molecule has 2 heteroatoms. The molecule has 0 aromatic rings. The molecule has 4 fully saturated rings. The first-order valence-electron chi connectivity index (χ1n) is 10.1. The van der Waals surface area contributed by atoms with E-state index in [1.807, 2.05) is 7.11 Å². The molecule has 4 aliphatic carbocycles. The molecular formula is C21H36O2. The maximum absolute atomic E-state index is 10.2. The van der Waals surface area contributed by atoms with E-state index in [0.29, 0.717) is 22.9 Å². The molecule has 132 valence electrons. The third-order valence-electron chi connectivity index (χ3n) is 9.32. The van der Waals surface area contributed by atoms with Crippen molar-refractivity contribution in [2.24, 2.45) is 40.4 Å². The minimum Gasteiger partial charge on any atom is -0.393 e. The highest BCUT2D eigenvalue weighted by Crippen LogP contribution is 2.67. The fraction of sp³-hybridized carbons (Fsp3) is 1.00. The summed E-state index contributed by atoms with van der Waals surface area (Å²) in [4.78, 5) is 0. The Hall–Kier alpha value is -0.0800. The molecular weight excluding hydrogens is 284 g/mol. The molecule has 4 aliphatic rings. The number of rotatable bonds is 1. The Morgan fingerprint density at radius 2 is 1.78 bits per heavy atom. The predicted molar refractivity (Wildman–Crippen MR) is 93.1 cm³/mol. The third-order valence-corrected chi connectivity index (χ3v) is 9.32. The standard InChI is InChI=1S/C21H36O2/c1-13-5-8-17-16-7-6-14-11-15(22)9-10-20(14,2)19(16)18(23-4)12-21(13,17)3/h13-19,22H,5-12H2,1-4H3/t13-,14-,15+,16-,17-,18+,19+,20-,21+/m0/s1. The number of hydrogen-bond acceptors (Lipinski definition) is 2. The van der Waals surface area contributed by atoms with E-state index in [9.17, 15) is 5.11 Å². The summed E-state index contributed by atoms with van der Waals surface area (Å²) in [7, 11) is 1.95. The average Bonchev–Trinajstić information content (AvgIpc) is 2.82. The van der Waals surface area contributed by atoms with Gasteiger partial charge in [-0.2, -0.15) is 0 Å². The first-order valence-corrected chi connectivity index (χ1v) is 10.1. The van der Waals surface area contributed by atoms with Crippen LogP contribution in [0.2, 0.25) is 0 Å². The van der Waals surface area contributed by atoms with Gasteiger partial charge >= 0.3 is 0 Å². The molecule has 1 N–H and O–H groups in total. The fourth-order valence-corrected chi connectivity index (χ4v) is 7.80. The first-order chi connectivity index (χ1) is 10.9. The number of aliphatic hydroxyl groups is 1. The van der Waals surface area contributed by atoms with Gasteiger partial charge in [-0.3, -0.25) is 0 Å². The van der Waals surface area contributed by atoms with Crippen molar-refractivity contribution >= 4 is 0 Å². The summed E-state index contributed by atoms with van der Waals surface area (Å²) in [6.07, 6.45) is 10.5. The molecule has 9 atom stereocenters. The van der Waals surface area contributed by atoms with Gasteiger partial charge in [0.1, 0.15) is 0 Å². The SMILES string of the molecule is CO[C@@H]1C[C@]2(C)[C@@H](C)CC[C@H]2[C@@H]2CC[C@H]3C[C@H](O)CC[C@]3(C)[C@H]21. The van der Waals surface area contributed by atoms with Crippen LogP contribution in [-0.2, 0) is 4.74 Å². The van der Waals surface area contributed by atoms with E-state index in [1.165, 1.54) is 38.5 Å². The number of hydrogen-bond donors (Lipinski definition) is 1. The summed E-state index contributed by atoms with van der Waals surface area (Å²) < 4.78 is 6.16. The molecule has 2 nitrogen and oxygen atoms in total. The minimum atomic E-state index is -0.0500. The Balaban J connectivity index is 1.70. The van der Waals surface area contributed by atoms with Crippen molar-refractivity contribution in [1.82, 2.24) is 0 Å². The highest BCUT2D eigenvalue weighted by atomic mass is 16.5. The van der Waals surface area contributed by atoms with Crippen molar-refractivity contribution in [3.05, 3.63) is 0 Å². The number of fused-ring (bicyclic) bond motifs is 5. The van der Waals surface area contributed by atoms with Gasteiger partial charge < -0.3 is 9.84 Å². The average molecular weight is 321 g/mol. The van der Waals surface area contributed by atoms with Gasteiger partial charge in [-0.15, -0.1) is 0 Å². The highest BCUT2D eigenvalue weighted by molar-refractivity contribution is 5.11. The molecule has 0 aliphatic heterocycles. The van der Waals surface area contributed by atoms with E-state index in [1.54, 1.807) is 0 Å². The molecule has 0 spiro atoms. The van der Waals surface area contributed by atoms with E-state index in [2.05, 4.69) is 20.8 Å². The molecule has 23 heavy (non-hydrogen) atoms. The topological polar surface area (TPSA) is 29.5 Å². The lowest BCUT2D eigenvalue weighted by molar-refractivity contribution is -0.184. The van der Waals surface area contributed by atoms with Crippen LogP contribution in [0, 0.1) is 40.4 Å². The maximum Gasteiger partial charge on any atom is 0.0612 e. The normalized spacial score (nSPS) is 59.1. The van der Waals surface area contributed by atoms with Gasteiger partial charge in [0.15, 0.2) is 0 Å². The van der Waals surface area contributed by atoms with Crippen LogP contribution in [0.15, 0.2) is 0 Å². The molecule has 0 amide bonds. The largest absolute Gasteiger partial charge is 0.393 e. The third kappa shape index (κ3) is 2.20. The fourth-order valence-electron chi connectivity index (χ4n) is 7.80. The summed E-state index contributed by atoms with van der Waals surface area (Å²) >= 11 is 0. The van der Waals surface area contributed by atoms with Gasteiger partial charge in [-0.25, -0.2) is 0 Å². The molecule has 0 saturated heterocycles. The Bertz CT molecular complexity index is 463. The van der Waals surface area contributed by atoms with E-state index >= 15 is 0 Å².